The number of primary amides is 1. The predicted molar refractivity (Wildman–Crippen MR) is 69.0 cm³/mol. The summed E-state index contributed by atoms with van der Waals surface area (Å²) in [4.78, 5) is 12.5. The number of amides is 1. The van der Waals surface area contributed by atoms with Crippen molar-refractivity contribution in [2.75, 3.05) is 11.4 Å². The summed E-state index contributed by atoms with van der Waals surface area (Å²) in [5, 5.41) is 8.98. The van der Waals surface area contributed by atoms with Crippen LogP contribution < -0.4 is 10.6 Å². The van der Waals surface area contributed by atoms with Gasteiger partial charge in [0.2, 0.25) is 5.91 Å². The number of aliphatic hydroxyl groups is 1. The average Bonchev–Trinajstić information content (AvgIpc) is 2.33. The van der Waals surface area contributed by atoms with Crippen LogP contribution in [0.2, 0.25) is 0 Å². The van der Waals surface area contributed by atoms with Crippen LogP contribution in [0, 0.1) is 0 Å². The molecule has 0 atom stereocenters. The maximum Gasteiger partial charge on any atom is 0.416 e. The highest BCUT2D eigenvalue weighted by Crippen LogP contribution is 2.35. The number of nitrogens with zero attached hydrogens (tertiary/aromatic N) is 1. The molecule has 20 heavy (non-hydrogen) atoms. The minimum absolute atomic E-state index is 0.173. The van der Waals surface area contributed by atoms with Gasteiger partial charge in [-0.3, -0.25) is 4.79 Å². The Morgan fingerprint density at radius 1 is 1.40 bits per heavy atom. The lowest BCUT2D eigenvalue weighted by Gasteiger charge is -2.28. The Morgan fingerprint density at radius 2 is 2.00 bits per heavy atom. The molecule has 0 aliphatic heterocycles. The van der Waals surface area contributed by atoms with Crippen LogP contribution in [-0.2, 0) is 17.6 Å². The maximum atomic E-state index is 12.9. The van der Waals surface area contributed by atoms with E-state index in [0.29, 0.717) is 0 Å². The summed E-state index contributed by atoms with van der Waals surface area (Å²) in [6, 6.07) is 3.37. The van der Waals surface area contributed by atoms with Crippen molar-refractivity contribution in [3.63, 3.8) is 0 Å². The number of benzene rings is 1. The monoisotopic (exact) mass is 290 g/mol. The number of carbonyl (C=O) groups excluding carboxylic acids is 1. The lowest BCUT2D eigenvalue weighted by atomic mass is 10.1. The second kappa shape index (κ2) is 6.13. The van der Waals surface area contributed by atoms with E-state index < -0.39 is 24.3 Å². The van der Waals surface area contributed by atoms with Crippen LogP contribution in [0.15, 0.2) is 18.2 Å². The molecule has 1 aromatic carbocycles. The molecule has 3 N–H and O–H groups in total. The van der Waals surface area contributed by atoms with Gasteiger partial charge < -0.3 is 15.7 Å². The highest BCUT2D eigenvalue weighted by molar-refractivity contribution is 5.79. The summed E-state index contributed by atoms with van der Waals surface area (Å²) in [6.07, 6.45) is -4.57. The lowest BCUT2D eigenvalue weighted by molar-refractivity contribution is -0.138. The van der Waals surface area contributed by atoms with Gasteiger partial charge >= 0.3 is 6.18 Å². The van der Waals surface area contributed by atoms with Gasteiger partial charge in [-0.05, 0) is 31.5 Å². The van der Waals surface area contributed by atoms with Crippen molar-refractivity contribution in [1.82, 2.24) is 0 Å². The van der Waals surface area contributed by atoms with Crippen LogP contribution in [0.25, 0.3) is 0 Å². The van der Waals surface area contributed by atoms with Gasteiger partial charge in [0.05, 0.1) is 18.7 Å². The molecule has 0 spiro atoms. The van der Waals surface area contributed by atoms with Crippen molar-refractivity contribution in [2.45, 2.75) is 32.7 Å². The molecule has 0 radical (unpaired) electrons. The average molecular weight is 290 g/mol. The van der Waals surface area contributed by atoms with E-state index in [9.17, 15) is 18.0 Å². The molecule has 0 saturated carbocycles. The van der Waals surface area contributed by atoms with Crippen molar-refractivity contribution >= 4 is 11.6 Å². The first-order valence-corrected chi connectivity index (χ1v) is 6.02. The first-order chi connectivity index (χ1) is 9.16. The van der Waals surface area contributed by atoms with Crippen LogP contribution in [-0.4, -0.2) is 23.6 Å². The van der Waals surface area contributed by atoms with Crippen LogP contribution >= 0.6 is 0 Å². The van der Waals surface area contributed by atoms with Crippen molar-refractivity contribution < 1.29 is 23.1 Å². The number of halogens is 3. The normalized spacial score (nSPS) is 11.8. The highest BCUT2D eigenvalue weighted by atomic mass is 19.4. The van der Waals surface area contributed by atoms with Crippen LogP contribution in [0.5, 0.6) is 0 Å². The third-order valence-electron chi connectivity index (χ3n) is 2.85. The Labute approximate surface area is 115 Å². The number of hydrogen-bond acceptors (Lipinski definition) is 3. The lowest BCUT2D eigenvalue weighted by Crippen LogP contribution is -2.38. The standard InChI is InChI=1S/C13H17F3N2O2/c1-8(2)18(6-12(17)20)10-4-3-9(7-19)11(5-10)13(14,15)16/h3-5,8,19H,6-7H2,1-2H3,(H2,17,20). The van der Waals surface area contributed by atoms with E-state index >= 15 is 0 Å². The summed E-state index contributed by atoms with van der Waals surface area (Å²) in [6.45, 7) is 2.62. The zero-order chi connectivity index (χ0) is 15.5. The number of hydrogen-bond donors (Lipinski definition) is 2. The first kappa shape index (κ1) is 16.3. The summed E-state index contributed by atoms with van der Waals surface area (Å²) in [5.74, 6) is -0.626. The summed E-state index contributed by atoms with van der Waals surface area (Å²) in [5.41, 5.74) is 4.23. The number of aliphatic hydroxyl groups excluding tert-OH is 1. The van der Waals surface area contributed by atoms with E-state index in [0.717, 1.165) is 6.07 Å². The third-order valence-corrected chi connectivity index (χ3v) is 2.85. The highest BCUT2D eigenvalue weighted by Gasteiger charge is 2.34. The fourth-order valence-corrected chi connectivity index (χ4v) is 1.88. The van der Waals surface area contributed by atoms with Crippen molar-refractivity contribution in [2.24, 2.45) is 5.73 Å². The molecule has 1 amide bonds. The quantitative estimate of drug-likeness (QED) is 0.870. The Morgan fingerprint density at radius 3 is 2.40 bits per heavy atom. The molecule has 112 valence electrons. The second-order valence-electron chi connectivity index (χ2n) is 4.69. The minimum Gasteiger partial charge on any atom is -0.392 e. The van der Waals surface area contributed by atoms with Crippen molar-refractivity contribution in [1.29, 1.82) is 0 Å². The smallest absolute Gasteiger partial charge is 0.392 e. The SMILES string of the molecule is CC(C)N(CC(N)=O)c1ccc(CO)c(C(F)(F)F)c1. The van der Waals surface area contributed by atoms with E-state index in [1.807, 2.05) is 0 Å². The molecular weight excluding hydrogens is 273 g/mol. The molecule has 1 aromatic rings. The predicted octanol–water partition coefficient (Wildman–Crippen LogP) is 1.90. The third kappa shape index (κ3) is 3.86. The zero-order valence-corrected chi connectivity index (χ0v) is 11.2. The van der Waals surface area contributed by atoms with E-state index in [1.54, 1.807) is 13.8 Å². The van der Waals surface area contributed by atoms with Gasteiger partial charge in [0.25, 0.3) is 0 Å². The van der Waals surface area contributed by atoms with Crippen LogP contribution in [0.4, 0.5) is 18.9 Å². The van der Waals surface area contributed by atoms with Crippen LogP contribution in [0.3, 0.4) is 0 Å². The number of rotatable bonds is 5. The summed E-state index contributed by atoms with van der Waals surface area (Å²) < 4.78 is 38.8. The Kier molecular flexibility index (Phi) is 4.99. The molecule has 0 bridgehead atoms. The molecule has 4 nitrogen and oxygen atoms in total. The molecule has 0 unspecified atom stereocenters. The molecule has 0 saturated heterocycles. The van der Waals surface area contributed by atoms with Gasteiger partial charge in [0.1, 0.15) is 0 Å². The van der Waals surface area contributed by atoms with E-state index in [2.05, 4.69) is 0 Å². The topological polar surface area (TPSA) is 66.6 Å². The largest absolute Gasteiger partial charge is 0.416 e. The molecule has 0 aliphatic rings. The number of carbonyl (C=O) groups is 1. The number of nitrogens with two attached hydrogens (primary N) is 1. The molecule has 7 heteroatoms. The number of anilines is 1. The first-order valence-electron chi connectivity index (χ1n) is 6.02. The van der Waals surface area contributed by atoms with Gasteiger partial charge in [-0.15, -0.1) is 0 Å². The van der Waals surface area contributed by atoms with E-state index in [-0.39, 0.29) is 23.8 Å². The molecule has 0 fully saturated rings. The number of alkyl halides is 3. The second-order valence-corrected chi connectivity index (χ2v) is 4.69. The van der Waals surface area contributed by atoms with Gasteiger partial charge in [-0.25, -0.2) is 0 Å². The fourth-order valence-electron chi connectivity index (χ4n) is 1.88. The molecule has 0 aromatic heterocycles. The molecule has 0 aliphatic carbocycles. The van der Waals surface area contributed by atoms with Gasteiger partial charge in [-0.1, -0.05) is 6.07 Å². The summed E-state index contributed by atoms with van der Waals surface area (Å²) in [7, 11) is 0. The van der Waals surface area contributed by atoms with Crippen molar-refractivity contribution in [3.05, 3.63) is 29.3 Å². The maximum absolute atomic E-state index is 12.9. The Bertz CT molecular complexity index is 487. The van der Waals surface area contributed by atoms with Crippen LogP contribution in [0.1, 0.15) is 25.0 Å². The van der Waals surface area contributed by atoms with Crippen molar-refractivity contribution in [3.8, 4) is 0 Å². The van der Waals surface area contributed by atoms with Gasteiger partial charge in [-0.2, -0.15) is 13.2 Å². The zero-order valence-electron chi connectivity index (χ0n) is 11.2. The molecule has 1 rings (SSSR count). The van der Waals surface area contributed by atoms with Gasteiger partial charge in [0.15, 0.2) is 0 Å². The Hall–Kier alpha value is -1.76. The Balaban J connectivity index is 3.27. The molecular formula is C13H17F3N2O2. The van der Waals surface area contributed by atoms with Gasteiger partial charge in [0, 0.05) is 11.7 Å². The van der Waals surface area contributed by atoms with E-state index in [4.69, 9.17) is 10.8 Å². The fraction of sp³-hybridized carbons (Fsp3) is 0.462. The summed E-state index contributed by atoms with van der Waals surface area (Å²) >= 11 is 0. The molecule has 0 heterocycles. The van der Waals surface area contributed by atoms with E-state index in [1.165, 1.54) is 17.0 Å². The minimum atomic E-state index is -4.57.